The van der Waals surface area contributed by atoms with E-state index in [0.29, 0.717) is 11.3 Å². The molecule has 0 saturated heterocycles. The highest BCUT2D eigenvalue weighted by Crippen LogP contribution is 2.25. The average Bonchev–Trinajstić information content (AvgIpc) is 2.54. The summed E-state index contributed by atoms with van der Waals surface area (Å²) < 4.78 is 0. The number of carbonyl (C=O) groups is 1. The molecule has 0 spiro atoms. The van der Waals surface area contributed by atoms with Crippen molar-refractivity contribution in [2.75, 3.05) is 0 Å². The molecule has 4 heteroatoms. The number of carbonyl (C=O) groups excluding carboxylic acids is 1. The van der Waals surface area contributed by atoms with Crippen LogP contribution < -0.4 is 10.9 Å². The van der Waals surface area contributed by atoms with Gasteiger partial charge >= 0.3 is 0 Å². The number of H-pyrrole nitrogens is 1. The van der Waals surface area contributed by atoms with E-state index in [1.807, 2.05) is 6.92 Å². The van der Waals surface area contributed by atoms with Crippen molar-refractivity contribution in [3.8, 4) is 0 Å². The quantitative estimate of drug-likeness (QED) is 0.915. The zero-order chi connectivity index (χ0) is 16.4. The van der Waals surface area contributed by atoms with Crippen molar-refractivity contribution in [3.05, 3.63) is 68.6 Å². The molecule has 1 aliphatic rings. The van der Waals surface area contributed by atoms with Crippen LogP contribution in [0.15, 0.2) is 35.1 Å². The topological polar surface area (TPSA) is 62.0 Å². The molecule has 0 fully saturated rings. The molecule has 0 bridgehead atoms. The smallest absolute Gasteiger partial charge is 0.253 e. The van der Waals surface area contributed by atoms with Crippen LogP contribution in [-0.4, -0.2) is 10.9 Å². The third-order valence-electron chi connectivity index (χ3n) is 4.58. The summed E-state index contributed by atoms with van der Waals surface area (Å²) in [6.45, 7) is 3.73. The minimum atomic E-state index is -0.193. The highest BCUT2D eigenvalue weighted by molar-refractivity contribution is 5.95. The van der Waals surface area contributed by atoms with Gasteiger partial charge in [0.1, 0.15) is 0 Å². The molecule has 1 aromatic heterocycles. The van der Waals surface area contributed by atoms with Crippen molar-refractivity contribution >= 4 is 5.91 Å². The monoisotopic (exact) mass is 310 g/mol. The maximum absolute atomic E-state index is 12.4. The normalized spacial score (nSPS) is 14.9. The van der Waals surface area contributed by atoms with Crippen LogP contribution in [0.5, 0.6) is 0 Å². The number of aromatic amines is 1. The Kier molecular flexibility index (Phi) is 4.33. The second kappa shape index (κ2) is 6.41. The number of pyridine rings is 1. The number of hydrogen-bond donors (Lipinski definition) is 2. The predicted octanol–water partition coefficient (Wildman–Crippen LogP) is 3.05. The number of rotatable bonds is 3. The fourth-order valence-electron chi connectivity index (χ4n) is 3.20. The Morgan fingerprint density at radius 3 is 2.61 bits per heavy atom. The number of aromatic nitrogens is 1. The number of nitrogens with one attached hydrogen (secondary N) is 2. The van der Waals surface area contributed by atoms with E-state index in [1.165, 1.54) is 30.0 Å². The Morgan fingerprint density at radius 1 is 1.13 bits per heavy atom. The summed E-state index contributed by atoms with van der Waals surface area (Å²) in [6, 6.07) is 9.40. The minimum absolute atomic E-state index is 0.0685. The van der Waals surface area contributed by atoms with Crippen LogP contribution in [0.1, 0.15) is 58.5 Å². The van der Waals surface area contributed by atoms with Gasteiger partial charge in [-0.1, -0.05) is 18.2 Å². The van der Waals surface area contributed by atoms with Gasteiger partial charge < -0.3 is 10.3 Å². The van der Waals surface area contributed by atoms with E-state index in [4.69, 9.17) is 0 Å². The van der Waals surface area contributed by atoms with E-state index in [2.05, 4.69) is 28.5 Å². The van der Waals surface area contributed by atoms with Gasteiger partial charge in [0.2, 0.25) is 5.56 Å². The lowest BCUT2D eigenvalue weighted by molar-refractivity contribution is 0.0939. The van der Waals surface area contributed by atoms with Crippen molar-refractivity contribution in [3.63, 3.8) is 0 Å². The summed E-state index contributed by atoms with van der Waals surface area (Å²) in [5, 5.41) is 3.02. The standard InChI is InChI=1S/C19H22N2O2/c1-12(15-8-7-14-5-3-4-6-16(14)11-15)21-19(23)17-9-10-18(22)20-13(17)2/h7-12H,3-6H2,1-2H3,(H,20,22)(H,21,23)/t12-/m0/s1. The van der Waals surface area contributed by atoms with Crippen molar-refractivity contribution in [2.45, 2.75) is 45.6 Å². The average molecular weight is 310 g/mol. The van der Waals surface area contributed by atoms with Gasteiger partial charge in [-0.05, 0) is 62.3 Å². The van der Waals surface area contributed by atoms with Crippen molar-refractivity contribution in [1.29, 1.82) is 0 Å². The number of benzene rings is 1. The first kappa shape index (κ1) is 15.5. The first-order chi connectivity index (χ1) is 11.0. The van der Waals surface area contributed by atoms with E-state index in [-0.39, 0.29) is 17.5 Å². The van der Waals surface area contributed by atoms with E-state index in [0.717, 1.165) is 18.4 Å². The zero-order valence-corrected chi connectivity index (χ0v) is 13.6. The number of aryl methyl sites for hydroxylation is 3. The fraction of sp³-hybridized carbons (Fsp3) is 0.368. The van der Waals surface area contributed by atoms with Crippen LogP contribution in [0.2, 0.25) is 0 Å². The van der Waals surface area contributed by atoms with Crippen LogP contribution in [-0.2, 0) is 12.8 Å². The van der Waals surface area contributed by atoms with Gasteiger partial charge in [-0.25, -0.2) is 0 Å². The van der Waals surface area contributed by atoms with Gasteiger partial charge in [0.05, 0.1) is 11.6 Å². The van der Waals surface area contributed by atoms with Crippen LogP contribution in [0.3, 0.4) is 0 Å². The van der Waals surface area contributed by atoms with Gasteiger partial charge in [0.15, 0.2) is 0 Å². The molecule has 0 unspecified atom stereocenters. The maximum atomic E-state index is 12.4. The third-order valence-corrected chi connectivity index (χ3v) is 4.58. The van der Waals surface area contributed by atoms with Gasteiger partial charge in [-0.2, -0.15) is 0 Å². The molecule has 4 nitrogen and oxygen atoms in total. The molecule has 0 saturated carbocycles. The van der Waals surface area contributed by atoms with E-state index < -0.39 is 0 Å². The van der Waals surface area contributed by atoms with Gasteiger partial charge in [0.25, 0.3) is 5.91 Å². The van der Waals surface area contributed by atoms with Crippen LogP contribution in [0.4, 0.5) is 0 Å². The first-order valence-corrected chi connectivity index (χ1v) is 8.17. The lowest BCUT2D eigenvalue weighted by Gasteiger charge is -2.20. The van der Waals surface area contributed by atoms with Crippen molar-refractivity contribution in [1.82, 2.24) is 10.3 Å². The zero-order valence-electron chi connectivity index (χ0n) is 13.6. The SMILES string of the molecule is Cc1[nH]c(=O)ccc1C(=O)N[C@@H](C)c1ccc2c(c1)CCCC2. The molecule has 2 aromatic rings. The Balaban J connectivity index is 1.77. The second-order valence-electron chi connectivity index (χ2n) is 6.29. The molecule has 1 aliphatic carbocycles. The lowest BCUT2D eigenvalue weighted by Crippen LogP contribution is -2.28. The fourth-order valence-corrected chi connectivity index (χ4v) is 3.20. The van der Waals surface area contributed by atoms with E-state index >= 15 is 0 Å². The Labute approximate surface area is 135 Å². The summed E-state index contributed by atoms with van der Waals surface area (Å²) in [6.07, 6.45) is 4.80. The molecule has 1 atom stereocenters. The maximum Gasteiger partial charge on any atom is 0.253 e. The molecule has 120 valence electrons. The summed E-state index contributed by atoms with van der Waals surface area (Å²) in [7, 11) is 0. The number of hydrogen-bond acceptors (Lipinski definition) is 2. The van der Waals surface area contributed by atoms with E-state index in [9.17, 15) is 9.59 Å². The number of fused-ring (bicyclic) bond motifs is 1. The minimum Gasteiger partial charge on any atom is -0.345 e. The summed E-state index contributed by atoms with van der Waals surface area (Å²) in [5.41, 5.74) is 4.88. The van der Waals surface area contributed by atoms with Gasteiger partial charge in [-0.15, -0.1) is 0 Å². The third kappa shape index (κ3) is 3.36. The predicted molar refractivity (Wildman–Crippen MR) is 90.8 cm³/mol. The van der Waals surface area contributed by atoms with Gasteiger partial charge in [-0.3, -0.25) is 9.59 Å². The molecule has 0 aliphatic heterocycles. The summed E-state index contributed by atoms with van der Waals surface area (Å²) in [4.78, 5) is 26.3. The molecular weight excluding hydrogens is 288 g/mol. The summed E-state index contributed by atoms with van der Waals surface area (Å²) in [5.74, 6) is -0.163. The second-order valence-corrected chi connectivity index (χ2v) is 6.29. The van der Waals surface area contributed by atoms with Crippen LogP contribution >= 0.6 is 0 Å². The van der Waals surface area contributed by atoms with Gasteiger partial charge in [0, 0.05) is 11.8 Å². The molecule has 1 aromatic carbocycles. The highest BCUT2D eigenvalue weighted by Gasteiger charge is 2.16. The Bertz CT molecular complexity index is 792. The lowest BCUT2D eigenvalue weighted by atomic mass is 9.89. The Morgan fingerprint density at radius 2 is 1.87 bits per heavy atom. The molecular formula is C19H22N2O2. The van der Waals surface area contributed by atoms with Crippen molar-refractivity contribution in [2.24, 2.45) is 0 Å². The molecule has 3 rings (SSSR count). The number of amides is 1. The Hall–Kier alpha value is -2.36. The first-order valence-electron chi connectivity index (χ1n) is 8.17. The van der Waals surface area contributed by atoms with Crippen LogP contribution in [0.25, 0.3) is 0 Å². The molecule has 1 amide bonds. The molecule has 23 heavy (non-hydrogen) atoms. The molecule has 2 N–H and O–H groups in total. The molecule has 1 heterocycles. The largest absolute Gasteiger partial charge is 0.345 e. The van der Waals surface area contributed by atoms with Crippen LogP contribution in [0, 0.1) is 6.92 Å². The summed E-state index contributed by atoms with van der Waals surface area (Å²) >= 11 is 0. The molecule has 0 radical (unpaired) electrons. The van der Waals surface area contributed by atoms with E-state index in [1.54, 1.807) is 13.0 Å². The van der Waals surface area contributed by atoms with Crippen molar-refractivity contribution < 1.29 is 4.79 Å². The highest BCUT2D eigenvalue weighted by atomic mass is 16.2.